The standard InChI is InChI=1S/C10H8F3N5O2/c1-14-8-3-2-7(18(19)20)9(16-8)17-5-6(4-15-17)10(11,12)13/h2-5H,1H3,(H,14,16). The molecule has 0 spiro atoms. The summed E-state index contributed by atoms with van der Waals surface area (Å²) >= 11 is 0. The van der Waals surface area contributed by atoms with Gasteiger partial charge in [0.05, 0.1) is 16.7 Å². The third-order valence-electron chi connectivity index (χ3n) is 2.43. The Labute approximate surface area is 110 Å². The lowest BCUT2D eigenvalue weighted by Gasteiger charge is -2.05. The Balaban J connectivity index is 2.55. The van der Waals surface area contributed by atoms with Crippen LogP contribution in [0.3, 0.4) is 0 Å². The summed E-state index contributed by atoms with van der Waals surface area (Å²) in [4.78, 5) is 14.0. The summed E-state index contributed by atoms with van der Waals surface area (Å²) in [6.07, 6.45) is -3.35. The van der Waals surface area contributed by atoms with Crippen LogP contribution in [0.25, 0.3) is 5.82 Å². The van der Waals surface area contributed by atoms with Gasteiger partial charge in [0.1, 0.15) is 5.82 Å². The van der Waals surface area contributed by atoms with Gasteiger partial charge in [0, 0.05) is 19.3 Å². The molecule has 2 heterocycles. The van der Waals surface area contributed by atoms with E-state index < -0.39 is 22.4 Å². The van der Waals surface area contributed by atoms with Gasteiger partial charge in [-0.1, -0.05) is 0 Å². The van der Waals surface area contributed by atoms with Gasteiger partial charge in [-0.05, 0) is 6.07 Å². The van der Waals surface area contributed by atoms with E-state index >= 15 is 0 Å². The van der Waals surface area contributed by atoms with Gasteiger partial charge in [-0.15, -0.1) is 0 Å². The Morgan fingerprint density at radius 3 is 2.60 bits per heavy atom. The molecule has 0 unspecified atom stereocenters. The highest BCUT2D eigenvalue weighted by Gasteiger charge is 2.33. The molecular formula is C10H8F3N5O2. The van der Waals surface area contributed by atoms with E-state index in [1.165, 1.54) is 13.1 Å². The van der Waals surface area contributed by atoms with Gasteiger partial charge < -0.3 is 5.32 Å². The lowest BCUT2D eigenvalue weighted by molar-refractivity contribution is -0.384. The largest absolute Gasteiger partial charge is 0.419 e. The fraction of sp³-hybridized carbons (Fsp3) is 0.200. The highest BCUT2D eigenvalue weighted by atomic mass is 19.4. The van der Waals surface area contributed by atoms with Crippen molar-refractivity contribution in [2.45, 2.75) is 6.18 Å². The van der Waals surface area contributed by atoms with E-state index in [0.717, 1.165) is 10.7 Å². The Morgan fingerprint density at radius 2 is 2.10 bits per heavy atom. The molecule has 1 N–H and O–H groups in total. The SMILES string of the molecule is CNc1ccc([N+](=O)[O-])c(-n2cc(C(F)(F)F)cn2)n1. The smallest absolute Gasteiger partial charge is 0.373 e. The first kappa shape index (κ1) is 13.8. The first-order chi connectivity index (χ1) is 9.32. The molecule has 0 saturated heterocycles. The number of aromatic nitrogens is 3. The van der Waals surface area contributed by atoms with E-state index in [4.69, 9.17) is 0 Å². The predicted octanol–water partition coefficient (Wildman–Crippen LogP) is 2.24. The molecule has 106 valence electrons. The molecule has 0 amide bonds. The summed E-state index contributed by atoms with van der Waals surface area (Å²) in [5.74, 6) is -0.0213. The molecule has 0 aliphatic rings. The lowest BCUT2D eigenvalue weighted by atomic mass is 10.3. The highest BCUT2D eigenvalue weighted by Crippen LogP contribution is 2.30. The first-order valence-corrected chi connectivity index (χ1v) is 5.28. The van der Waals surface area contributed by atoms with Crippen LogP contribution in [0.15, 0.2) is 24.5 Å². The monoisotopic (exact) mass is 287 g/mol. The molecule has 0 bridgehead atoms. The summed E-state index contributed by atoms with van der Waals surface area (Å²) in [6.45, 7) is 0. The third kappa shape index (κ3) is 2.53. The van der Waals surface area contributed by atoms with Gasteiger partial charge in [-0.2, -0.15) is 18.3 Å². The molecule has 0 fully saturated rings. The van der Waals surface area contributed by atoms with Crippen molar-refractivity contribution in [2.75, 3.05) is 12.4 Å². The molecule has 0 saturated carbocycles. The zero-order valence-electron chi connectivity index (χ0n) is 10.0. The second-order valence-corrected chi connectivity index (χ2v) is 3.72. The number of nitrogens with zero attached hydrogens (tertiary/aromatic N) is 4. The second-order valence-electron chi connectivity index (χ2n) is 3.72. The van der Waals surface area contributed by atoms with Crippen LogP contribution in [0.5, 0.6) is 0 Å². The van der Waals surface area contributed by atoms with Gasteiger partial charge in [-0.3, -0.25) is 10.1 Å². The maximum atomic E-state index is 12.5. The van der Waals surface area contributed by atoms with Crippen LogP contribution >= 0.6 is 0 Å². The predicted molar refractivity (Wildman–Crippen MR) is 62.6 cm³/mol. The molecule has 0 atom stereocenters. The van der Waals surface area contributed by atoms with Gasteiger partial charge in [-0.25, -0.2) is 9.67 Å². The van der Waals surface area contributed by atoms with Crippen molar-refractivity contribution in [3.63, 3.8) is 0 Å². The van der Waals surface area contributed by atoms with Crippen molar-refractivity contribution in [3.05, 3.63) is 40.2 Å². The Kier molecular flexibility index (Phi) is 3.30. The van der Waals surface area contributed by atoms with Crippen LogP contribution in [0.4, 0.5) is 24.7 Å². The molecular weight excluding hydrogens is 279 g/mol. The molecule has 0 radical (unpaired) electrons. The second kappa shape index (κ2) is 4.79. The van der Waals surface area contributed by atoms with Crippen LogP contribution in [-0.4, -0.2) is 26.7 Å². The number of halogens is 3. The summed E-state index contributed by atoms with van der Waals surface area (Å²) in [7, 11) is 1.53. The number of hydrogen-bond acceptors (Lipinski definition) is 5. The number of pyridine rings is 1. The number of alkyl halides is 3. The lowest BCUT2D eigenvalue weighted by Crippen LogP contribution is -2.06. The quantitative estimate of drug-likeness (QED) is 0.691. The number of hydrogen-bond donors (Lipinski definition) is 1. The maximum absolute atomic E-state index is 12.5. The highest BCUT2D eigenvalue weighted by molar-refractivity contribution is 5.52. The van der Waals surface area contributed by atoms with Crippen molar-refractivity contribution in [3.8, 4) is 5.82 Å². The fourth-order valence-corrected chi connectivity index (χ4v) is 1.48. The molecule has 2 rings (SSSR count). The zero-order valence-corrected chi connectivity index (χ0v) is 10.0. The maximum Gasteiger partial charge on any atom is 0.419 e. The van der Waals surface area contributed by atoms with E-state index in [9.17, 15) is 23.3 Å². The van der Waals surface area contributed by atoms with Crippen LogP contribution in [0.1, 0.15) is 5.56 Å². The minimum Gasteiger partial charge on any atom is -0.373 e. The third-order valence-corrected chi connectivity index (χ3v) is 2.43. The molecule has 7 nitrogen and oxygen atoms in total. The summed E-state index contributed by atoms with van der Waals surface area (Å²) in [6, 6.07) is 2.49. The normalized spacial score (nSPS) is 11.4. The number of anilines is 1. The van der Waals surface area contributed by atoms with Gasteiger partial charge in [0.25, 0.3) is 0 Å². The van der Waals surface area contributed by atoms with Crippen LogP contribution < -0.4 is 5.32 Å². The van der Waals surface area contributed by atoms with Crippen molar-refractivity contribution < 1.29 is 18.1 Å². The average molecular weight is 287 g/mol. The Hall–Kier alpha value is -2.65. The summed E-state index contributed by atoms with van der Waals surface area (Å²) in [5.41, 5.74) is -1.45. The molecule has 10 heteroatoms. The van der Waals surface area contributed by atoms with E-state index in [1.54, 1.807) is 0 Å². The molecule has 2 aromatic rings. The zero-order chi connectivity index (χ0) is 14.9. The fourth-order valence-electron chi connectivity index (χ4n) is 1.48. The van der Waals surface area contributed by atoms with Gasteiger partial charge >= 0.3 is 11.9 Å². The van der Waals surface area contributed by atoms with Crippen molar-refractivity contribution >= 4 is 11.5 Å². The number of nitrogens with one attached hydrogen (secondary N) is 1. The van der Waals surface area contributed by atoms with E-state index in [1.807, 2.05) is 0 Å². The number of nitro groups is 1. The van der Waals surface area contributed by atoms with Crippen LogP contribution in [-0.2, 0) is 6.18 Å². The van der Waals surface area contributed by atoms with E-state index in [-0.39, 0.29) is 11.6 Å². The Morgan fingerprint density at radius 1 is 1.40 bits per heavy atom. The van der Waals surface area contributed by atoms with Crippen molar-refractivity contribution in [1.82, 2.24) is 14.8 Å². The summed E-state index contributed by atoms with van der Waals surface area (Å²) < 4.78 is 38.2. The molecule has 20 heavy (non-hydrogen) atoms. The molecule has 2 aromatic heterocycles. The number of rotatable bonds is 3. The van der Waals surface area contributed by atoms with Crippen molar-refractivity contribution in [2.24, 2.45) is 0 Å². The van der Waals surface area contributed by atoms with Gasteiger partial charge in [0.2, 0.25) is 5.82 Å². The van der Waals surface area contributed by atoms with E-state index in [2.05, 4.69) is 15.4 Å². The summed E-state index contributed by atoms with van der Waals surface area (Å²) in [5, 5.41) is 17.0. The topological polar surface area (TPSA) is 85.9 Å². The Bertz CT molecular complexity index is 653. The van der Waals surface area contributed by atoms with Crippen LogP contribution in [0.2, 0.25) is 0 Å². The molecule has 0 aliphatic carbocycles. The van der Waals surface area contributed by atoms with Gasteiger partial charge in [0.15, 0.2) is 0 Å². The van der Waals surface area contributed by atoms with Crippen LogP contribution in [0, 0.1) is 10.1 Å². The van der Waals surface area contributed by atoms with E-state index in [0.29, 0.717) is 12.4 Å². The minimum atomic E-state index is -4.58. The molecule has 0 aliphatic heterocycles. The molecule has 0 aromatic carbocycles. The average Bonchev–Trinajstić information content (AvgIpc) is 2.87. The minimum absolute atomic E-state index is 0.273. The first-order valence-electron chi connectivity index (χ1n) is 5.28. The van der Waals surface area contributed by atoms with Crippen molar-refractivity contribution in [1.29, 1.82) is 0 Å².